The molecule has 2 aliphatic heterocycles. The molecule has 0 radical (unpaired) electrons. The molecule has 0 spiro atoms. The predicted octanol–water partition coefficient (Wildman–Crippen LogP) is 2.81. The molecule has 2 heterocycles. The summed E-state index contributed by atoms with van der Waals surface area (Å²) in [5.74, 6) is -0.418. The number of fused-ring (bicyclic) bond motifs is 3. The van der Waals surface area contributed by atoms with Crippen LogP contribution in [0.5, 0.6) is 0 Å². The molecule has 2 aromatic carbocycles. The molecule has 0 aliphatic carbocycles. The lowest BCUT2D eigenvalue weighted by Gasteiger charge is -2.29. The van der Waals surface area contributed by atoms with Crippen LogP contribution >= 0.6 is 11.8 Å². The van der Waals surface area contributed by atoms with Crippen LogP contribution in [0.15, 0.2) is 52.3 Å². The summed E-state index contributed by atoms with van der Waals surface area (Å²) < 4.78 is 26.3. The molecule has 2 aliphatic rings. The summed E-state index contributed by atoms with van der Waals surface area (Å²) in [6.07, 6.45) is 0.689. The molecule has 152 valence electrons. The SMILES string of the molecule is Cc1ccc(NC(=O)[C@]23CCC(=O)N2c2ccccc2S3)cc1S(=O)(=O)N(C)C. The summed E-state index contributed by atoms with van der Waals surface area (Å²) in [6, 6.07) is 12.3. The van der Waals surface area contributed by atoms with Crippen molar-refractivity contribution in [1.82, 2.24) is 4.31 Å². The minimum absolute atomic E-state index is 0.0858. The molecule has 1 saturated heterocycles. The molecular weight excluding hydrogens is 410 g/mol. The average Bonchev–Trinajstić information content (AvgIpc) is 3.19. The highest BCUT2D eigenvalue weighted by molar-refractivity contribution is 8.02. The lowest BCUT2D eigenvalue weighted by molar-refractivity contribution is -0.121. The summed E-state index contributed by atoms with van der Waals surface area (Å²) >= 11 is 1.37. The summed E-state index contributed by atoms with van der Waals surface area (Å²) in [5, 5.41) is 2.84. The summed E-state index contributed by atoms with van der Waals surface area (Å²) in [4.78, 5) is 27.4. The minimum Gasteiger partial charge on any atom is -0.323 e. The van der Waals surface area contributed by atoms with Crippen LogP contribution in [0.1, 0.15) is 18.4 Å². The third kappa shape index (κ3) is 3.04. The third-order valence-corrected chi connectivity index (χ3v) is 8.66. The van der Waals surface area contributed by atoms with E-state index in [-0.39, 0.29) is 16.7 Å². The van der Waals surface area contributed by atoms with Gasteiger partial charge in [0.25, 0.3) is 5.91 Å². The van der Waals surface area contributed by atoms with Crippen LogP contribution in [0.4, 0.5) is 11.4 Å². The van der Waals surface area contributed by atoms with Crippen molar-refractivity contribution in [2.24, 2.45) is 0 Å². The Kier molecular flexibility index (Phi) is 4.71. The largest absolute Gasteiger partial charge is 0.323 e. The molecule has 1 atom stereocenters. The summed E-state index contributed by atoms with van der Waals surface area (Å²) in [7, 11) is -0.713. The minimum atomic E-state index is -3.64. The molecule has 0 unspecified atom stereocenters. The number of nitrogens with one attached hydrogen (secondary N) is 1. The Hall–Kier alpha value is -2.36. The molecule has 1 N–H and O–H groups in total. The Bertz CT molecular complexity index is 1130. The first-order chi connectivity index (χ1) is 13.7. The van der Waals surface area contributed by atoms with Crippen LogP contribution in [0, 0.1) is 6.92 Å². The van der Waals surface area contributed by atoms with Crippen LogP contribution in [0.2, 0.25) is 0 Å². The Morgan fingerprint density at radius 1 is 1.21 bits per heavy atom. The van der Waals surface area contributed by atoms with E-state index in [1.54, 1.807) is 24.0 Å². The highest BCUT2D eigenvalue weighted by atomic mass is 32.2. The molecule has 7 nitrogen and oxygen atoms in total. The van der Waals surface area contributed by atoms with E-state index in [1.807, 2.05) is 24.3 Å². The van der Waals surface area contributed by atoms with Gasteiger partial charge in [0.2, 0.25) is 15.9 Å². The molecule has 9 heteroatoms. The van der Waals surface area contributed by atoms with Crippen molar-refractivity contribution in [1.29, 1.82) is 0 Å². The highest BCUT2D eigenvalue weighted by Crippen LogP contribution is 2.56. The van der Waals surface area contributed by atoms with Crippen molar-refractivity contribution in [2.45, 2.75) is 34.4 Å². The van der Waals surface area contributed by atoms with Crippen molar-refractivity contribution >= 4 is 45.0 Å². The lowest BCUT2D eigenvalue weighted by atomic mass is 10.1. The zero-order valence-corrected chi connectivity index (χ0v) is 17.9. The van der Waals surface area contributed by atoms with E-state index in [9.17, 15) is 18.0 Å². The zero-order valence-electron chi connectivity index (χ0n) is 16.3. The number of carbonyl (C=O) groups is 2. The molecule has 4 rings (SSSR count). The smallest absolute Gasteiger partial charge is 0.261 e. The number of nitrogens with zero attached hydrogens (tertiary/aromatic N) is 2. The molecule has 1 fully saturated rings. The number of anilines is 2. The van der Waals surface area contributed by atoms with Crippen molar-refractivity contribution in [3.05, 3.63) is 48.0 Å². The van der Waals surface area contributed by atoms with Gasteiger partial charge in [0, 0.05) is 31.1 Å². The Labute approximate surface area is 174 Å². The fraction of sp³-hybridized carbons (Fsp3) is 0.300. The van der Waals surface area contributed by atoms with E-state index in [0.717, 1.165) is 14.9 Å². The zero-order chi connectivity index (χ0) is 21.0. The van der Waals surface area contributed by atoms with Gasteiger partial charge in [-0.2, -0.15) is 0 Å². The molecule has 0 aromatic heterocycles. The van der Waals surface area contributed by atoms with E-state index < -0.39 is 14.9 Å². The molecule has 2 amide bonds. The normalized spacial score (nSPS) is 20.7. The quantitative estimate of drug-likeness (QED) is 0.804. The topological polar surface area (TPSA) is 86.8 Å². The van der Waals surface area contributed by atoms with Crippen molar-refractivity contribution in [3.8, 4) is 0 Å². The van der Waals surface area contributed by atoms with E-state index in [1.165, 1.54) is 31.9 Å². The van der Waals surface area contributed by atoms with Gasteiger partial charge in [-0.1, -0.05) is 30.0 Å². The monoisotopic (exact) mass is 431 g/mol. The average molecular weight is 432 g/mol. The first kappa shape index (κ1) is 19.9. The maximum atomic E-state index is 13.3. The van der Waals surface area contributed by atoms with E-state index >= 15 is 0 Å². The van der Waals surface area contributed by atoms with Gasteiger partial charge < -0.3 is 5.32 Å². The van der Waals surface area contributed by atoms with E-state index in [0.29, 0.717) is 24.1 Å². The van der Waals surface area contributed by atoms with Crippen LogP contribution in [0.3, 0.4) is 0 Å². The second-order valence-electron chi connectivity index (χ2n) is 7.31. The van der Waals surface area contributed by atoms with Gasteiger partial charge in [0.15, 0.2) is 4.87 Å². The second-order valence-corrected chi connectivity index (χ2v) is 10.7. The number of amides is 2. The number of rotatable bonds is 4. The molecule has 2 aromatic rings. The van der Waals surface area contributed by atoms with Gasteiger partial charge in [0.1, 0.15) is 0 Å². The second kappa shape index (κ2) is 6.86. The standard InChI is InChI=1S/C20H21N3O4S2/c1-13-8-9-14(12-17(13)29(26,27)22(2)3)21-19(25)20-11-10-18(24)23(20)15-6-4-5-7-16(15)28-20/h4-9,12H,10-11H2,1-3H3,(H,21,25)/t20-/m1/s1. The maximum absolute atomic E-state index is 13.3. The van der Waals surface area contributed by atoms with Gasteiger partial charge in [-0.05, 0) is 43.2 Å². The van der Waals surface area contributed by atoms with Crippen LogP contribution < -0.4 is 10.2 Å². The number of para-hydroxylation sites is 1. The van der Waals surface area contributed by atoms with Gasteiger partial charge in [-0.3, -0.25) is 14.5 Å². The number of sulfonamides is 1. The van der Waals surface area contributed by atoms with Crippen LogP contribution in [-0.4, -0.2) is 43.5 Å². The van der Waals surface area contributed by atoms with E-state index in [4.69, 9.17) is 0 Å². The van der Waals surface area contributed by atoms with Crippen LogP contribution in [0.25, 0.3) is 0 Å². The lowest BCUT2D eigenvalue weighted by Crippen LogP contribution is -2.49. The summed E-state index contributed by atoms with van der Waals surface area (Å²) in [5.41, 5.74) is 1.72. The molecular formula is C20H21N3O4S2. The van der Waals surface area contributed by atoms with E-state index in [2.05, 4.69) is 5.32 Å². The number of thioether (sulfide) groups is 1. The van der Waals surface area contributed by atoms with Crippen molar-refractivity contribution < 1.29 is 18.0 Å². The molecule has 0 saturated carbocycles. The van der Waals surface area contributed by atoms with Crippen molar-refractivity contribution in [2.75, 3.05) is 24.3 Å². The highest BCUT2D eigenvalue weighted by Gasteiger charge is 2.57. The predicted molar refractivity (Wildman–Crippen MR) is 112 cm³/mol. The third-order valence-electron chi connectivity index (χ3n) is 5.23. The number of aryl methyl sites for hydroxylation is 1. The van der Waals surface area contributed by atoms with Gasteiger partial charge in [-0.15, -0.1) is 0 Å². The Balaban J connectivity index is 1.68. The number of benzene rings is 2. The maximum Gasteiger partial charge on any atom is 0.261 e. The molecule has 29 heavy (non-hydrogen) atoms. The number of hydrogen-bond acceptors (Lipinski definition) is 5. The van der Waals surface area contributed by atoms with Gasteiger partial charge in [0.05, 0.1) is 10.6 Å². The number of carbonyl (C=O) groups excluding carboxylic acids is 2. The first-order valence-electron chi connectivity index (χ1n) is 9.12. The fourth-order valence-electron chi connectivity index (χ4n) is 3.68. The van der Waals surface area contributed by atoms with Gasteiger partial charge in [-0.25, -0.2) is 12.7 Å². The number of hydrogen-bond donors (Lipinski definition) is 1. The fourth-order valence-corrected chi connectivity index (χ4v) is 6.24. The Morgan fingerprint density at radius 2 is 1.93 bits per heavy atom. The van der Waals surface area contributed by atoms with Crippen molar-refractivity contribution in [3.63, 3.8) is 0 Å². The van der Waals surface area contributed by atoms with Crippen LogP contribution in [-0.2, 0) is 19.6 Å². The summed E-state index contributed by atoms with van der Waals surface area (Å²) in [6.45, 7) is 1.71. The Morgan fingerprint density at radius 3 is 2.66 bits per heavy atom. The molecule has 0 bridgehead atoms. The van der Waals surface area contributed by atoms with Gasteiger partial charge >= 0.3 is 0 Å². The first-order valence-corrected chi connectivity index (χ1v) is 11.4.